The summed E-state index contributed by atoms with van der Waals surface area (Å²) in [6.07, 6.45) is 3.03. The molecule has 0 aromatic carbocycles. The highest BCUT2D eigenvalue weighted by atomic mass is 32.2. The first-order valence-corrected chi connectivity index (χ1v) is 7.40. The molecule has 3 fully saturated rings. The summed E-state index contributed by atoms with van der Waals surface area (Å²) >= 11 is 0. The lowest BCUT2D eigenvalue weighted by Gasteiger charge is -2.42. The number of nitrogens with one attached hydrogen (secondary N) is 1. The van der Waals surface area contributed by atoms with E-state index in [-0.39, 0.29) is 11.5 Å². The van der Waals surface area contributed by atoms with E-state index in [1.54, 1.807) is 0 Å². The van der Waals surface area contributed by atoms with Crippen molar-refractivity contribution < 1.29 is 13.2 Å². The minimum absolute atomic E-state index is 0.153. The molecule has 5 heteroatoms. The van der Waals surface area contributed by atoms with Crippen LogP contribution in [0.2, 0.25) is 0 Å². The molecule has 3 rings (SSSR count). The molecule has 2 saturated heterocycles. The maximum Gasteiger partial charge on any atom is 0.154 e. The summed E-state index contributed by atoms with van der Waals surface area (Å²) in [7, 11) is -2.88. The third-order valence-corrected chi connectivity index (χ3v) is 5.93. The molecule has 2 spiro atoms. The molecule has 0 aromatic heterocycles. The lowest BCUT2D eigenvalue weighted by atomic mass is 9.94. The highest BCUT2D eigenvalue weighted by molar-refractivity contribution is 7.91. The Morgan fingerprint density at radius 2 is 2.07 bits per heavy atom. The Hall–Kier alpha value is -0.130. The van der Waals surface area contributed by atoms with Crippen LogP contribution < -0.4 is 5.32 Å². The molecule has 2 atom stereocenters. The molecule has 0 bridgehead atoms. The normalized spacial score (nSPS) is 46.1. The van der Waals surface area contributed by atoms with Gasteiger partial charge in [0.05, 0.1) is 18.1 Å². The summed E-state index contributed by atoms with van der Waals surface area (Å²) in [6.45, 7) is 2.89. The summed E-state index contributed by atoms with van der Waals surface area (Å²) in [6, 6.07) is 0.388. The molecule has 2 aliphatic heterocycles. The predicted molar refractivity (Wildman–Crippen MR) is 56.2 cm³/mol. The third kappa shape index (κ3) is 1.52. The van der Waals surface area contributed by atoms with Crippen LogP contribution in [0.25, 0.3) is 0 Å². The van der Waals surface area contributed by atoms with Gasteiger partial charge in [0.2, 0.25) is 0 Å². The van der Waals surface area contributed by atoms with Crippen molar-refractivity contribution in [3.63, 3.8) is 0 Å². The van der Waals surface area contributed by atoms with Crippen molar-refractivity contribution in [1.82, 2.24) is 5.32 Å². The van der Waals surface area contributed by atoms with Gasteiger partial charge in [-0.25, -0.2) is 8.42 Å². The van der Waals surface area contributed by atoms with Gasteiger partial charge in [-0.1, -0.05) is 0 Å². The Morgan fingerprint density at radius 1 is 1.33 bits per heavy atom. The van der Waals surface area contributed by atoms with Gasteiger partial charge in [-0.15, -0.1) is 0 Å². The van der Waals surface area contributed by atoms with E-state index in [0.717, 1.165) is 6.61 Å². The molecule has 3 aliphatic rings. The highest BCUT2D eigenvalue weighted by Gasteiger charge is 2.57. The molecule has 0 amide bonds. The topological polar surface area (TPSA) is 55.4 Å². The second-order valence-corrected chi connectivity index (χ2v) is 7.54. The minimum atomic E-state index is -2.88. The molecule has 0 radical (unpaired) electrons. The summed E-state index contributed by atoms with van der Waals surface area (Å²) in [5, 5.41) is 3.40. The molecule has 1 aliphatic carbocycles. The maximum atomic E-state index is 11.5. The van der Waals surface area contributed by atoms with Crippen LogP contribution in [0.5, 0.6) is 0 Å². The number of sulfone groups is 1. The predicted octanol–water partition coefficient (Wildman–Crippen LogP) is 0.290. The Morgan fingerprint density at radius 3 is 2.53 bits per heavy atom. The Bertz CT molecular complexity index is 387. The van der Waals surface area contributed by atoms with Crippen LogP contribution in [-0.2, 0) is 14.6 Å². The summed E-state index contributed by atoms with van der Waals surface area (Å²) in [4.78, 5) is 0. The molecule has 86 valence electrons. The minimum Gasteiger partial charge on any atom is -0.359 e. The summed E-state index contributed by atoms with van der Waals surface area (Å²) in [5.74, 6) is 0.417. The van der Waals surface area contributed by atoms with E-state index in [0.29, 0.717) is 17.9 Å². The van der Waals surface area contributed by atoms with Crippen molar-refractivity contribution in [3.05, 3.63) is 0 Å². The van der Waals surface area contributed by atoms with E-state index in [1.165, 1.54) is 12.8 Å². The quantitative estimate of drug-likeness (QED) is 0.651. The van der Waals surface area contributed by atoms with Crippen LogP contribution in [0, 0.1) is 5.41 Å². The average Bonchev–Trinajstić information content (AvgIpc) is 2.86. The van der Waals surface area contributed by atoms with E-state index < -0.39 is 15.6 Å². The fourth-order valence-electron chi connectivity index (χ4n) is 2.78. The van der Waals surface area contributed by atoms with E-state index in [4.69, 9.17) is 4.74 Å². The zero-order valence-electron chi connectivity index (χ0n) is 8.95. The number of ether oxygens (including phenoxy) is 1. The number of hydrogen-bond donors (Lipinski definition) is 1. The van der Waals surface area contributed by atoms with Crippen molar-refractivity contribution >= 4 is 9.84 Å². The SMILES string of the molecule is CC1NC2(CCS(=O)(=O)C2)OCC12CC2. The molecule has 0 aromatic rings. The first kappa shape index (κ1) is 10.1. The van der Waals surface area contributed by atoms with Crippen LogP contribution in [-0.4, -0.2) is 38.3 Å². The van der Waals surface area contributed by atoms with Gasteiger partial charge in [0.15, 0.2) is 9.84 Å². The molecular formula is C10H17NO3S. The zero-order valence-corrected chi connectivity index (χ0v) is 9.77. The lowest BCUT2D eigenvalue weighted by Crippen LogP contribution is -2.60. The maximum absolute atomic E-state index is 11.5. The fourth-order valence-corrected chi connectivity index (χ4v) is 4.59. The highest BCUT2D eigenvalue weighted by Crippen LogP contribution is 2.52. The van der Waals surface area contributed by atoms with Crippen LogP contribution in [0.15, 0.2) is 0 Å². The van der Waals surface area contributed by atoms with Crippen LogP contribution in [0.4, 0.5) is 0 Å². The first-order chi connectivity index (χ1) is 6.96. The monoisotopic (exact) mass is 231 g/mol. The summed E-state index contributed by atoms with van der Waals surface area (Å²) < 4.78 is 28.8. The van der Waals surface area contributed by atoms with Gasteiger partial charge in [0.25, 0.3) is 0 Å². The smallest absolute Gasteiger partial charge is 0.154 e. The van der Waals surface area contributed by atoms with Gasteiger partial charge < -0.3 is 4.74 Å². The van der Waals surface area contributed by atoms with Crippen LogP contribution in [0.3, 0.4) is 0 Å². The van der Waals surface area contributed by atoms with Gasteiger partial charge in [-0.3, -0.25) is 5.32 Å². The molecule has 1 saturated carbocycles. The molecule has 1 N–H and O–H groups in total. The Kier molecular flexibility index (Phi) is 1.85. The van der Waals surface area contributed by atoms with E-state index in [9.17, 15) is 8.42 Å². The van der Waals surface area contributed by atoms with Gasteiger partial charge >= 0.3 is 0 Å². The van der Waals surface area contributed by atoms with Crippen molar-refractivity contribution in [2.24, 2.45) is 5.41 Å². The molecular weight excluding hydrogens is 214 g/mol. The van der Waals surface area contributed by atoms with Crippen LogP contribution >= 0.6 is 0 Å². The molecule has 4 nitrogen and oxygen atoms in total. The van der Waals surface area contributed by atoms with Gasteiger partial charge in [-0.2, -0.15) is 0 Å². The van der Waals surface area contributed by atoms with Crippen molar-refractivity contribution in [2.75, 3.05) is 18.1 Å². The van der Waals surface area contributed by atoms with E-state index in [2.05, 4.69) is 12.2 Å². The standard InChI is InChI=1S/C10H17NO3S/c1-8-9(2-3-9)6-14-10(11-8)4-5-15(12,13)7-10/h8,11H,2-7H2,1H3. The van der Waals surface area contributed by atoms with Gasteiger partial charge in [-0.05, 0) is 19.8 Å². The average molecular weight is 231 g/mol. The van der Waals surface area contributed by atoms with Crippen molar-refractivity contribution in [2.45, 2.75) is 38.0 Å². The van der Waals surface area contributed by atoms with E-state index >= 15 is 0 Å². The molecule has 15 heavy (non-hydrogen) atoms. The fraction of sp³-hybridized carbons (Fsp3) is 1.00. The van der Waals surface area contributed by atoms with Crippen molar-refractivity contribution in [3.8, 4) is 0 Å². The third-order valence-electron chi connectivity index (χ3n) is 4.20. The Balaban J connectivity index is 1.80. The molecule has 2 unspecified atom stereocenters. The zero-order chi connectivity index (χ0) is 10.7. The lowest BCUT2D eigenvalue weighted by molar-refractivity contribution is -0.122. The Labute approximate surface area is 90.3 Å². The molecule has 2 heterocycles. The number of rotatable bonds is 0. The van der Waals surface area contributed by atoms with E-state index in [1.807, 2.05) is 0 Å². The largest absolute Gasteiger partial charge is 0.359 e. The number of hydrogen-bond acceptors (Lipinski definition) is 4. The van der Waals surface area contributed by atoms with Crippen molar-refractivity contribution in [1.29, 1.82) is 0 Å². The first-order valence-electron chi connectivity index (χ1n) is 5.58. The van der Waals surface area contributed by atoms with Gasteiger partial charge in [0, 0.05) is 17.9 Å². The van der Waals surface area contributed by atoms with Gasteiger partial charge in [0.1, 0.15) is 5.72 Å². The van der Waals surface area contributed by atoms with Crippen LogP contribution in [0.1, 0.15) is 26.2 Å². The summed E-state index contributed by atoms with van der Waals surface area (Å²) in [5.41, 5.74) is -0.246. The second-order valence-electron chi connectivity index (χ2n) is 5.35. The second kappa shape index (κ2) is 2.76.